The van der Waals surface area contributed by atoms with Crippen LogP contribution in [-0.2, 0) is 46.4 Å². The smallest absolute Gasteiger partial charge is 0.132 e. The molecule has 0 aliphatic rings. The molecule has 34 heavy (non-hydrogen) atoms. The van der Waals surface area contributed by atoms with E-state index in [4.69, 9.17) is 28.4 Å². The van der Waals surface area contributed by atoms with Crippen LogP contribution in [0.15, 0.2) is 6.20 Å². The summed E-state index contributed by atoms with van der Waals surface area (Å²) in [5.74, 6) is 0.336. The van der Waals surface area contributed by atoms with Gasteiger partial charge in [0.05, 0.1) is 85.0 Å². The van der Waals surface area contributed by atoms with E-state index >= 15 is 0 Å². The third-order valence-electron chi connectivity index (χ3n) is 4.74. The Balaban J connectivity index is 1.81. The number of ketones is 1. The topological polar surface area (TPSA) is 103 Å². The first-order chi connectivity index (χ1) is 16.6. The number of hydrogen-bond donors (Lipinski definition) is 0. The minimum absolute atomic E-state index is 0.234. The monoisotopic (exact) mass is 487 g/mol. The minimum Gasteiger partial charge on any atom is -0.377 e. The summed E-state index contributed by atoms with van der Waals surface area (Å²) in [5.41, 5.74) is 0.804. The van der Waals surface area contributed by atoms with Gasteiger partial charge in [0.2, 0.25) is 0 Å². The first kappa shape index (κ1) is 30.6. The first-order valence-electron chi connectivity index (χ1n) is 12.5. The maximum absolute atomic E-state index is 11.3. The van der Waals surface area contributed by atoms with Crippen molar-refractivity contribution in [1.29, 1.82) is 0 Å². The Morgan fingerprint density at radius 1 is 0.824 bits per heavy atom. The maximum atomic E-state index is 11.3. The van der Waals surface area contributed by atoms with Crippen molar-refractivity contribution in [3.8, 4) is 0 Å². The quantitative estimate of drug-likeness (QED) is 0.193. The maximum Gasteiger partial charge on any atom is 0.132 e. The molecule has 0 saturated heterocycles. The number of Topliss-reactive ketones (excluding diaryl/α,β-unsaturated/α-hetero) is 1. The number of rotatable bonds is 25. The molecule has 0 amide bonds. The van der Waals surface area contributed by atoms with Crippen LogP contribution in [0.3, 0.4) is 0 Å². The van der Waals surface area contributed by atoms with Gasteiger partial charge in [-0.05, 0) is 26.7 Å². The summed E-state index contributed by atoms with van der Waals surface area (Å²) in [6.07, 6.45) is 6.41. The van der Waals surface area contributed by atoms with Gasteiger partial charge in [-0.3, -0.25) is 9.48 Å². The van der Waals surface area contributed by atoms with Crippen molar-refractivity contribution < 1.29 is 33.2 Å². The van der Waals surface area contributed by atoms with Crippen molar-refractivity contribution in [2.24, 2.45) is 0 Å². The molecule has 1 heterocycles. The summed E-state index contributed by atoms with van der Waals surface area (Å²) in [6, 6.07) is 0. The van der Waals surface area contributed by atoms with Crippen molar-refractivity contribution in [3.05, 3.63) is 11.9 Å². The van der Waals surface area contributed by atoms with Gasteiger partial charge >= 0.3 is 0 Å². The van der Waals surface area contributed by atoms with Gasteiger partial charge in [-0.2, -0.15) is 0 Å². The molecule has 0 aliphatic heterocycles. The largest absolute Gasteiger partial charge is 0.377 e. The molecule has 0 unspecified atom stereocenters. The lowest BCUT2D eigenvalue weighted by atomic mass is 10.1. The van der Waals surface area contributed by atoms with Crippen molar-refractivity contribution >= 4 is 5.78 Å². The van der Waals surface area contributed by atoms with Crippen molar-refractivity contribution in [1.82, 2.24) is 15.0 Å². The van der Waals surface area contributed by atoms with Crippen LogP contribution in [0.4, 0.5) is 0 Å². The van der Waals surface area contributed by atoms with Gasteiger partial charge in [-0.15, -0.1) is 5.10 Å². The second kappa shape index (κ2) is 22.1. The van der Waals surface area contributed by atoms with Crippen molar-refractivity contribution in [2.75, 3.05) is 66.1 Å². The van der Waals surface area contributed by atoms with E-state index in [0.717, 1.165) is 31.5 Å². The normalized spacial score (nSPS) is 11.5. The van der Waals surface area contributed by atoms with E-state index in [1.807, 2.05) is 31.6 Å². The van der Waals surface area contributed by atoms with Gasteiger partial charge < -0.3 is 28.4 Å². The molecule has 1 rings (SSSR count). The second-order valence-electron chi connectivity index (χ2n) is 8.10. The van der Waals surface area contributed by atoms with E-state index in [-0.39, 0.29) is 6.10 Å². The molecule has 10 heteroatoms. The van der Waals surface area contributed by atoms with Gasteiger partial charge in [0.25, 0.3) is 0 Å². The molecule has 198 valence electrons. The van der Waals surface area contributed by atoms with Crippen LogP contribution in [-0.4, -0.2) is 92.9 Å². The van der Waals surface area contributed by atoms with Gasteiger partial charge in [0.1, 0.15) is 11.5 Å². The number of ether oxygens (including phenoxy) is 6. The van der Waals surface area contributed by atoms with Crippen LogP contribution in [0.2, 0.25) is 0 Å². The highest BCUT2D eigenvalue weighted by Crippen LogP contribution is 2.04. The number of aromatic nitrogens is 3. The zero-order chi connectivity index (χ0) is 24.7. The molecule has 10 nitrogen and oxygen atoms in total. The average molecular weight is 488 g/mol. The van der Waals surface area contributed by atoms with Gasteiger partial charge in [0, 0.05) is 19.4 Å². The van der Waals surface area contributed by atoms with E-state index < -0.39 is 0 Å². The molecule has 0 atom stereocenters. The molecular weight excluding hydrogens is 442 g/mol. The lowest BCUT2D eigenvalue weighted by Crippen LogP contribution is -2.14. The van der Waals surface area contributed by atoms with E-state index in [2.05, 4.69) is 10.3 Å². The molecule has 0 bridgehead atoms. The first-order valence-corrected chi connectivity index (χ1v) is 12.5. The van der Waals surface area contributed by atoms with Crippen LogP contribution in [0, 0.1) is 0 Å². The van der Waals surface area contributed by atoms with E-state index in [1.54, 1.807) is 0 Å². The van der Waals surface area contributed by atoms with Crippen LogP contribution in [0.25, 0.3) is 0 Å². The summed E-state index contributed by atoms with van der Waals surface area (Å²) in [4.78, 5) is 11.3. The fraction of sp³-hybridized carbons (Fsp3) is 0.875. The highest BCUT2D eigenvalue weighted by atomic mass is 16.6. The number of carbonyl (C=O) groups excluding carboxylic acids is 1. The fourth-order valence-corrected chi connectivity index (χ4v) is 2.86. The van der Waals surface area contributed by atoms with Gasteiger partial charge in [-0.1, -0.05) is 18.6 Å². The Kier molecular flexibility index (Phi) is 19.9. The Hall–Kier alpha value is -1.43. The molecule has 0 aliphatic carbocycles. The number of carbonyl (C=O) groups is 1. The Morgan fingerprint density at radius 2 is 1.38 bits per heavy atom. The number of hydrogen-bond acceptors (Lipinski definition) is 9. The van der Waals surface area contributed by atoms with Crippen LogP contribution >= 0.6 is 0 Å². The lowest BCUT2D eigenvalue weighted by Gasteiger charge is -2.09. The van der Waals surface area contributed by atoms with Crippen molar-refractivity contribution in [3.63, 3.8) is 0 Å². The molecule has 0 saturated carbocycles. The average Bonchev–Trinajstić information content (AvgIpc) is 3.28. The summed E-state index contributed by atoms with van der Waals surface area (Å²) in [5, 5.41) is 8.23. The summed E-state index contributed by atoms with van der Waals surface area (Å²) < 4.78 is 34.6. The standard InChI is InChI=1S/C24H45N3O7/c1-4-24(28)8-6-5-7-9-27-20-23(25-26-27)21-33-17-16-31-13-12-29-10-11-30-14-15-32-18-19-34-22(2)3/h20,22H,4-19,21H2,1-3H3. The summed E-state index contributed by atoms with van der Waals surface area (Å²) in [7, 11) is 0. The number of nitrogens with zero attached hydrogens (tertiary/aromatic N) is 3. The fourth-order valence-electron chi connectivity index (χ4n) is 2.86. The molecular formula is C24H45N3O7. The predicted molar refractivity (Wildman–Crippen MR) is 128 cm³/mol. The van der Waals surface area contributed by atoms with Gasteiger partial charge in [-0.25, -0.2) is 0 Å². The summed E-state index contributed by atoms with van der Waals surface area (Å²) >= 11 is 0. The van der Waals surface area contributed by atoms with Crippen LogP contribution in [0.1, 0.15) is 58.6 Å². The SMILES string of the molecule is CCC(=O)CCCCCn1cc(COCCOCCOCCOCCOCCOC(C)C)nn1. The highest BCUT2D eigenvalue weighted by molar-refractivity contribution is 5.77. The predicted octanol–water partition coefficient (Wildman–Crippen LogP) is 2.83. The highest BCUT2D eigenvalue weighted by Gasteiger charge is 2.02. The van der Waals surface area contributed by atoms with E-state index in [9.17, 15) is 4.79 Å². The van der Waals surface area contributed by atoms with E-state index in [1.165, 1.54) is 0 Å². The zero-order valence-electron chi connectivity index (χ0n) is 21.4. The minimum atomic E-state index is 0.234. The lowest BCUT2D eigenvalue weighted by molar-refractivity contribution is -0.118. The molecule has 1 aromatic heterocycles. The van der Waals surface area contributed by atoms with E-state index in [0.29, 0.717) is 91.3 Å². The molecule has 0 radical (unpaired) electrons. The van der Waals surface area contributed by atoms with Crippen LogP contribution < -0.4 is 0 Å². The Labute approximate surface area is 204 Å². The molecule has 1 aromatic rings. The Bertz CT molecular complexity index is 599. The molecule has 0 aromatic carbocycles. The number of aryl methyl sites for hydroxylation is 1. The number of unbranched alkanes of at least 4 members (excludes halogenated alkanes) is 2. The summed E-state index contributed by atoms with van der Waals surface area (Å²) in [6.45, 7) is 12.5. The second-order valence-corrected chi connectivity index (χ2v) is 8.10. The third-order valence-corrected chi connectivity index (χ3v) is 4.74. The van der Waals surface area contributed by atoms with Crippen molar-refractivity contribution in [2.45, 2.75) is 72.1 Å². The zero-order valence-corrected chi connectivity index (χ0v) is 21.4. The molecule has 0 fully saturated rings. The van der Waals surface area contributed by atoms with Gasteiger partial charge in [0.15, 0.2) is 0 Å². The van der Waals surface area contributed by atoms with Crippen LogP contribution in [0.5, 0.6) is 0 Å². The Morgan fingerprint density at radius 3 is 1.94 bits per heavy atom. The molecule has 0 N–H and O–H groups in total. The molecule has 0 spiro atoms. The third kappa shape index (κ3) is 18.9.